The number of hydrogen-bond donors (Lipinski definition) is 2. The highest BCUT2D eigenvalue weighted by Gasteiger charge is 2.34. The number of rotatable bonds is 41. The van der Waals surface area contributed by atoms with Crippen LogP contribution in [0, 0.1) is 23.3 Å². The van der Waals surface area contributed by atoms with Crippen LogP contribution in [0.2, 0.25) is 0 Å². The maximum atomic E-state index is 14.0. The molecule has 1 fully saturated rings. The Kier molecular flexibility index (Phi) is 31.2. The molecule has 0 saturated carbocycles. The molecule has 0 bridgehead atoms. The van der Waals surface area contributed by atoms with Gasteiger partial charge in [-0.2, -0.15) is 17.2 Å². The van der Waals surface area contributed by atoms with E-state index in [1.807, 2.05) is 43.0 Å². The molecule has 2 aliphatic rings. The molecule has 2 heterocycles. The zero-order valence-electron chi connectivity index (χ0n) is 44.2. The number of aliphatic imine (C=N–C) groups is 1. The summed E-state index contributed by atoms with van der Waals surface area (Å²) in [6.07, 6.45) is 2.54. The van der Waals surface area contributed by atoms with E-state index in [2.05, 4.69) is 14.6 Å². The predicted octanol–water partition coefficient (Wildman–Crippen LogP) is 3.66. The van der Waals surface area contributed by atoms with Crippen molar-refractivity contribution >= 4 is 51.2 Å². The number of nitrogens with zero attached hydrogens (tertiary/aromatic N) is 4. The van der Waals surface area contributed by atoms with Crippen molar-refractivity contribution in [3.8, 4) is 5.75 Å². The highest BCUT2D eigenvalue weighted by Crippen LogP contribution is 2.34. The minimum atomic E-state index is -5.65. The molecule has 0 atom stereocenters. The van der Waals surface area contributed by atoms with Crippen molar-refractivity contribution in [1.29, 1.82) is 0 Å². The average Bonchev–Trinajstić information content (AvgIpc) is 3.59. The second-order valence-electron chi connectivity index (χ2n) is 16.9. The number of hydrogen-bond acceptors (Lipinski definition) is 20. The lowest BCUT2D eigenvalue weighted by molar-refractivity contribution is -0.180. The third kappa shape index (κ3) is 23.8. The van der Waals surface area contributed by atoms with Gasteiger partial charge < -0.3 is 67.6 Å². The van der Waals surface area contributed by atoms with E-state index in [0.717, 1.165) is 17.7 Å². The van der Waals surface area contributed by atoms with Gasteiger partial charge in [-0.15, -0.1) is 0 Å². The molecule has 3 N–H and O–H groups in total. The van der Waals surface area contributed by atoms with Gasteiger partial charge in [0.1, 0.15) is 5.84 Å². The van der Waals surface area contributed by atoms with Crippen LogP contribution in [0.1, 0.15) is 45.1 Å². The van der Waals surface area contributed by atoms with Crippen LogP contribution in [0.25, 0.3) is 6.08 Å². The number of halogens is 4. The molecule has 0 spiro atoms. The number of carbonyl (C=O) groups is 3. The third-order valence-electron chi connectivity index (χ3n) is 11.1. The van der Waals surface area contributed by atoms with Crippen LogP contribution < -0.4 is 15.4 Å². The Balaban J connectivity index is 0.851. The summed E-state index contributed by atoms with van der Waals surface area (Å²) in [7, 11) is -5.65. The van der Waals surface area contributed by atoms with E-state index < -0.39 is 56.4 Å². The molecule has 0 aromatic heterocycles. The SMILES string of the molecule is CCCN(OCC)C(=O)C1=Cc2ccc(N3CCN(C(=O)CCOCCOCCOCCOCCOCCOCCOCCOCCOCCOCCC(=O)Oc4c(F)c(F)c(S(=O)(=O)O)c(F)c4F)CC3)cc2N=C(N)C1. The van der Waals surface area contributed by atoms with Gasteiger partial charge in [0.2, 0.25) is 23.3 Å². The number of anilines is 1. The minimum Gasteiger partial charge on any atom is -0.420 e. The van der Waals surface area contributed by atoms with Gasteiger partial charge in [0.15, 0.2) is 16.5 Å². The van der Waals surface area contributed by atoms with E-state index in [1.165, 1.54) is 5.06 Å². The maximum Gasteiger partial charge on any atom is 0.313 e. The molecule has 4 rings (SSSR count). The fourth-order valence-electron chi connectivity index (χ4n) is 7.30. The highest BCUT2D eigenvalue weighted by molar-refractivity contribution is 7.85. The Labute approximate surface area is 451 Å². The number of esters is 1. The quantitative estimate of drug-likeness (QED) is 0.0183. The Hall–Kier alpha value is -4.95. The summed E-state index contributed by atoms with van der Waals surface area (Å²) in [5, 5.41) is 1.39. The van der Waals surface area contributed by atoms with E-state index in [4.69, 9.17) is 62.5 Å². The lowest BCUT2D eigenvalue weighted by Gasteiger charge is -2.36. The molecule has 440 valence electrons. The van der Waals surface area contributed by atoms with Crippen molar-refractivity contribution in [3.63, 3.8) is 0 Å². The van der Waals surface area contributed by atoms with Crippen molar-refractivity contribution < 1.29 is 102 Å². The van der Waals surface area contributed by atoms with Crippen molar-refractivity contribution in [1.82, 2.24) is 9.96 Å². The number of piperazine rings is 1. The van der Waals surface area contributed by atoms with Gasteiger partial charge in [-0.1, -0.05) is 13.0 Å². The maximum absolute atomic E-state index is 14.0. The molecule has 23 nitrogen and oxygen atoms in total. The summed E-state index contributed by atoms with van der Waals surface area (Å²) in [5.41, 5.74) is 9.25. The van der Waals surface area contributed by atoms with E-state index in [-0.39, 0.29) is 57.7 Å². The van der Waals surface area contributed by atoms with Crippen molar-refractivity contribution in [2.45, 2.75) is 44.4 Å². The van der Waals surface area contributed by atoms with Gasteiger partial charge >= 0.3 is 16.1 Å². The number of amides is 2. The number of nitrogens with two attached hydrogens (primary N) is 1. The minimum absolute atomic E-state index is 0.0185. The first kappa shape index (κ1) is 65.6. The molecule has 2 aromatic carbocycles. The predicted molar refractivity (Wildman–Crippen MR) is 272 cm³/mol. The summed E-state index contributed by atoms with van der Waals surface area (Å²) in [6, 6.07) is 5.93. The third-order valence-corrected chi connectivity index (χ3v) is 12.0. The number of amidine groups is 1. The average molecular weight is 1140 g/mol. The van der Waals surface area contributed by atoms with Gasteiger partial charge in [-0.05, 0) is 31.6 Å². The van der Waals surface area contributed by atoms with Crippen LogP contribution in [0.4, 0.5) is 28.9 Å². The standard InChI is InChI=1S/C50H73F4N5O18S/c1-3-9-59(76-4-2)50(62)38-34-37-5-6-39(36-40(37)56-41(55)35-38)57-10-12-58(13-11-57)42(60)7-14-66-16-18-68-20-22-70-24-26-72-28-30-74-32-33-75-31-29-73-27-25-71-23-21-69-19-17-67-15-8-43(61)77-48-44(51)46(53)49(78(63,64)65)47(54)45(48)52/h5-6,34,36H,3-4,7-33,35H2,1-2H3,(H2,55,56)(H,63,64,65). The molecule has 2 aromatic rings. The first-order chi connectivity index (χ1) is 37.7. The summed E-state index contributed by atoms with van der Waals surface area (Å²) >= 11 is 0. The molecule has 0 unspecified atom stereocenters. The molecule has 78 heavy (non-hydrogen) atoms. The van der Waals surface area contributed by atoms with Crippen molar-refractivity contribution in [2.75, 3.05) is 176 Å². The van der Waals surface area contributed by atoms with Crippen LogP contribution in [0.15, 0.2) is 33.7 Å². The summed E-state index contributed by atoms with van der Waals surface area (Å²) in [4.78, 5) is 49.9. The van der Waals surface area contributed by atoms with Crippen molar-refractivity contribution in [3.05, 3.63) is 52.6 Å². The number of hydroxylamine groups is 2. The van der Waals surface area contributed by atoms with Gasteiger partial charge in [0.25, 0.3) is 5.91 Å². The fourth-order valence-corrected chi connectivity index (χ4v) is 7.93. The molecule has 2 aliphatic heterocycles. The number of carbonyl (C=O) groups excluding carboxylic acids is 3. The Morgan fingerprint density at radius 3 is 1.50 bits per heavy atom. The van der Waals surface area contributed by atoms with E-state index >= 15 is 0 Å². The van der Waals surface area contributed by atoms with E-state index in [0.29, 0.717) is 156 Å². The lowest BCUT2D eigenvalue weighted by Crippen LogP contribution is -2.49. The zero-order chi connectivity index (χ0) is 56.5. The lowest BCUT2D eigenvalue weighted by atomic mass is 10.1. The second-order valence-corrected chi connectivity index (χ2v) is 18.2. The Morgan fingerprint density at radius 2 is 1.08 bits per heavy atom. The molecule has 2 amide bonds. The molecule has 28 heteroatoms. The van der Waals surface area contributed by atoms with Gasteiger partial charge in [0.05, 0.1) is 157 Å². The van der Waals surface area contributed by atoms with Crippen LogP contribution >= 0.6 is 0 Å². The summed E-state index contributed by atoms with van der Waals surface area (Å²) < 4.78 is 145. The molecule has 0 aliphatic carbocycles. The van der Waals surface area contributed by atoms with Gasteiger partial charge in [0, 0.05) is 56.0 Å². The van der Waals surface area contributed by atoms with Crippen LogP contribution in [0.5, 0.6) is 5.75 Å². The Morgan fingerprint density at radius 1 is 0.641 bits per heavy atom. The highest BCUT2D eigenvalue weighted by atomic mass is 32.2. The van der Waals surface area contributed by atoms with Gasteiger partial charge in [-0.3, -0.25) is 23.8 Å². The first-order valence-corrected chi connectivity index (χ1v) is 27.1. The molecule has 1 saturated heterocycles. The summed E-state index contributed by atoms with van der Waals surface area (Å²) in [6.45, 7) is 13.2. The number of ether oxygens (including phenoxy) is 11. The van der Waals surface area contributed by atoms with Crippen LogP contribution in [0.3, 0.4) is 0 Å². The molecule has 0 radical (unpaired) electrons. The number of fused-ring (bicyclic) bond motifs is 1. The normalized spacial score (nSPS) is 13.8. The fraction of sp³-hybridized carbons (Fsp3) is 0.640. The summed E-state index contributed by atoms with van der Waals surface area (Å²) in [5.74, 6) is -12.5. The topological polar surface area (TPSA) is 264 Å². The zero-order valence-corrected chi connectivity index (χ0v) is 45.0. The largest absolute Gasteiger partial charge is 0.420 e. The monoisotopic (exact) mass is 1140 g/mol. The Bertz CT molecular complexity index is 2300. The van der Waals surface area contributed by atoms with E-state index in [9.17, 15) is 40.4 Å². The molecular formula is C50H73F4N5O18S. The first-order valence-electron chi connectivity index (χ1n) is 25.6. The molecular weight excluding hydrogens is 1070 g/mol. The number of benzene rings is 2. The second kappa shape index (κ2) is 37.1. The smallest absolute Gasteiger partial charge is 0.313 e. The van der Waals surface area contributed by atoms with Crippen LogP contribution in [-0.4, -0.2) is 218 Å². The van der Waals surface area contributed by atoms with Crippen molar-refractivity contribution in [2.24, 2.45) is 10.7 Å². The van der Waals surface area contributed by atoms with Gasteiger partial charge in [-0.25, -0.2) is 18.8 Å². The van der Waals surface area contributed by atoms with E-state index in [1.54, 1.807) is 0 Å². The van der Waals surface area contributed by atoms with Crippen LogP contribution in [-0.2, 0) is 76.7 Å².